The first-order valence-electron chi connectivity index (χ1n) is 9.41. The highest BCUT2D eigenvalue weighted by Gasteiger charge is 2.24. The lowest BCUT2D eigenvalue weighted by molar-refractivity contribution is -0.136. The Kier molecular flexibility index (Phi) is 6.85. The summed E-state index contributed by atoms with van der Waals surface area (Å²) in [6.07, 6.45) is 6.16. The van der Waals surface area contributed by atoms with Crippen molar-refractivity contribution in [2.75, 3.05) is 13.2 Å². The summed E-state index contributed by atoms with van der Waals surface area (Å²) >= 11 is 2.74. The fourth-order valence-electron chi connectivity index (χ4n) is 3.28. The molecule has 1 aliphatic rings. The van der Waals surface area contributed by atoms with E-state index in [0.717, 1.165) is 24.8 Å². The van der Waals surface area contributed by atoms with Crippen LogP contribution in [0.4, 0.5) is 0 Å². The Morgan fingerprint density at radius 1 is 1.36 bits per heavy atom. The van der Waals surface area contributed by atoms with E-state index < -0.39 is 5.97 Å². The minimum absolute atomic E-state index is 0.0671. The van der Waals surface area contributed by atoms with Crippen molar-refractivity contribution in [3.05, 3.63) is 41.9 Å². The van der Waals surface area contributed by atoms with Gasteiger partial charge in [0.25, 0.3) is 5.56 Å². The molecule has 8 heteroatoms. The van der Waals surface area contributed by atoms with Crippen molar-refractivity contribution in [1.82, 2.24) is 9.47 Å². The second-order valence-corrected chi connectivity index (χ2v) is 8.57. The molecule has 0 bridgehead atoms. The molecule has 0 radical (unpaired) electrons. The van der Waals surface area contributed by atoms with Crippen LogP contribution in [0.2, 0.25) is 0 Å². The number of thiazole rings is 1. The van der Waals surface area contributed by atoms with Gasteiger partial charge < -0.3 is 9.64 Å². The van der Waals surface area contributed by atoms with Gasteiger partial charge in [-0.1, -0.05) is 0 Å². The van der Waals surface area contributed by atoms with Crippen molar-refractivity contribution in [1.29, 1.82) is 0 Å². The Morgan fingerprint density at radius 3 is 2.86 bits per heavy atom. The molecule has 0 aromatic carbocycles. The molecule has 2 aromatic heterocycles. The van der Waals surface area contributed by atoms with Crippen LogP contribution < -0.4 is 14.8 Å². The monoisotopic (exact) mass is 420 g/mol. The third kappa shape index (κ3) is 4.80. The van der Waals surface area contributed by atoms with Crippen LogP contribution in [-0.2, 0) is 20.9 Å². The molecule has 2 aromatic rings. The molecule has 3 rings (SSSR count). The summed E-state index contributed by atoms with van der Waals surface area (Å²) < 4.78 is 7.31. The summed E-state index contributed by atoms with van der Waals surface area (Å²) in [6, 6.07) is 2.09. The van der Waals surface area contributed by atoms with E-state index in [0.29, 0.717) is 15.7 Å². The molecule has 1 amide bonds. The molecule has 1 unspecified atom stereocenters. The largest absolute Gasteiger partial charge is 0.463 e. The molecule has 28 heavy (non-hydrogen) atoms. The van der Waals surface area contributed by atoms with Gasteiger partial charge in [0.05, 0.1) is 17.2 Å². The number of likely N-dealkylation sites (tertiary alicyclic amines) is 1. The summed E-state index contributed by atoms with van der Waals surface area (Å²) in [6.45, 7) is 4.66. The Balaban J connectivity index is 2.00. The maximum atomic E-state index is 13.0. The van der Waals surface area contributed by atoms with E-state index >= 15 is 0 Å². The lowest BCUT2D eigenvalue weighted by atomic mass is 10.0. The topological polar surface area (TPSA) is 68.6 Å². The van der Waals surface area contributed by atoms with E-state index in [2.05, 4.69) is 0 Å². The predicted molar refractivity (Wildman–Crippen MR) is 112 cm³/mol. The van der Waals surface area contributed by atoms with Crippen LogP contribution in [0.25, 0.3) is 12.2 Å². The first-order valence-corrected chi connectivity index (χ1v) is 11.2. The van der Waals surface area contributed by atoms with E-state index in [1.54, 1.807) is 24.3 Å². The molecule has 1 aliphatic heterocycles. The van der Waals surface area contributed by atoms with Crippen LogP contribution in [0.3, 0.4) is 0 Å². The molecular formula is C20H24N2O4S2. The lowest BCUT2D eigenvalue weighted by Gasteiger charge is -2.33. The number of hydrogen-bond donors (Lipinski definition) is 0. The Hall–Kier alpha value is -2.19. The first-order chi connectivity index (χ1) is 13.5. The predicted octanol–water partition coefficient (Wildman–Crippen LogP) is 1.54. The van der Waals surface area contributed by atoms with Gasteiger partial charge in [0.2, 0.25) is 5.91 Å². The maximum absolute atomic E-state index is 13.0. The summed E-state index contributed by atoms with van der Waals surface area (Å²) in [4.78, 5) is 39.6. The number of carbonyl (C=O) groups excluding carboxylic acids is 2. The normalized spacial score (nSPS) is 18.5. The van der Waals surface area contributed by atoms with Crippen LogP contribution in [-0.4, -0.2) is 40.5 Å². The number of nitrogens with zero attached hydrogens (tertiary/aromatic N) is 2. The smallest absolute Gasteiger partial charge is 0.333 e. The first kappa shape index (κ1) is 20.5. The highest BCUT2D eigenvalue weighted by molar-refractivity contribution is 7.08. The van der Waals surface area contributed by atoms with Crippen LogP contribution in [0, 0.1) is 0 Å². The number of hydrogen-bond acceptors (Lipinski definition) is 6. The van der Waals surface area contributed by atoms with Gasteiger partial charge in [0, 0.05) is 12.6 Å². The quantitative estimate of drug-likeness (QED) is 0.689. The van der Waals surface area contributed by atoms with Crippen LogP contribution in [0.1, 0.15) is 38.7 Å². The third-order valence-electron chi connectivity index (χ3n) is 4.72. The van der Waals surface area contributed by atoms with Gasteiger partial charge in [-0.25, -0.2) is 4.79 Å². The van der Waals surface area contributed by atoms with Crippen molar-refractivity contribution in [2.45, 2.75) is 45.7 Å². The minimum atomic E-state index is -0.515. The van der Waals surface area contributed by atoms with E-state index in [9.17, 15) is 14.4 Å². The van der Waals surface area contributed by atoms with Gasteiger partial charge in [-0.05, 0) is 61.6 Å². The number of aromatic nitrogens is 1. The molecule has 0 saturated carbocycles. The summed E-state index contributed by atoms with van der Waals surface area (Å²) in [5.41, 5.74) is 0.666. The molecule has 1 atom stereocenters. The van der Waals surface area contributed by atoms with Crippen molar-refractivity contribution in [3.8, 4) is 0 Å². The van der Waals surface area contributed by atoms with E-state index in [4.69, 9.17) is 4.74 Å². The van der Waals surface area contributed by atoms with Crippen molar-refractivity contribution in [2.24, 2.45) is 0 Å². The Bertz CT molecular complexity index is 1000. The summed E-state index contributed by atoms with van der Waals surface area (Å²) in [7, 11) is 0. The Morgan fingerprint density at radius 2 is 2.18 bits per heavy atom. The standard InChI is InChI=1S/C20H24N2O4S2/c1-3-26-19(24)11-18-22(12-17(23)21-8-5-4-6-14(21)2)20(25)16(28-18)10-15-7-9-27-13-15/h7,9-11,13-14H,3-6,8,12H2,1-2H3/b16-10-,18-11-. The van der Waals surface area contributed by atoms with Gasteiger partial charge in [0.1, 0.15) is 11.2 Å². The molecule has 0 aliphatic carbocycles. The van der Waals surface area contributed by atoms with Crippen molar-refractivity contribution < 1.29 is 14.3 Å². The van der Waals surface area contributed by atoms with Crippen LogP contribution in [0.15, 0.2) is 21.6 Å². The average molecular weight is 421 g/mol. The number of rotatable bonds is 5. The number of amides is 1. The number of ether oxygens (including phenoxy) is 1. The fraction of sp³-hybridized carbons (Fsp3) is 0.450. The fourth-order valence-corrected chi connectivity index (χ4v) is 4.93. The highest BCUT2D eigenvalue weighted by atomic mass is 32.1. The molecule has 3 heterocycles. The molecule has 0 spiro atoms. The van der Waals surface area contributed by atoms with E-state index in [-0.39, 0.29) is 30.7 Å². The van der Waals surface area contributed by atoms with Crippen LogP contribution >= 0.6 is 22.7 Å². The number of carbonyl (C=O) groups is 2. The number of piperidine rings is 1. The Labute approximate surface area is 171 Å². The zero-order chi connectivity index (χ0) is 20.1. The van der Waals surface area contributed by atoms with Gasteiger partial charge in [-0.15, -0.1) is 11.3 Å². The average Bonchev–Trinajstić information content (AvgIpc) is 3.26. The minimum Gasteiger partial charge on any atom is -0.463 e. The molecule has 150 valence electrons. The molecule has 0 N–H and O–H groups in total. The second kappa shape index (κ2) is 9.34. The highest BCUT2D eigenvalue weighted by Crippen LogP contribution is 2.16. The molecule has 1 fully saturated rings. The zero-order valence-electron chi connectivity index (χ0n) is 16.1. The van der Waals surface area contributed by atoms with Crippen LogP contribution in [0.5, 0.6) is 0 Å². The lowest BCUT2D eigenvalue weighted by Crippen LogP contribution is -2.46. The molecule has 6 nitrogen and oxygen atoms in total. The van der Waals surface area contributed by atoms with E-state index in [1.807, 2.05) is 28.7 Å². The third-order valence-corrected chi connectivity index (χ3v) is 6.48. The van der Waals surface area contributed by atoms with Gasteiger partial charge in [-0.2, -0.15) is 11.3 Å². The SMILES string of the molecule is CCOC(=O)/C=c1\s/c(=C\c2ccsc2)c(=O)n1CC(=O)N1CCCCC1C. The summed E-state index contributed by atoms with van der Waals surface area (Å²) in [5.74, 6) is -0.605. The summed E-state index contributed by atoms with van der Waals surface area (Å²) in [5, 5.41) is 3.88. The maximum Gasteiger partial charge on any atom is 0.333 e. The number of thiophene rings is 1. The van der Waals surface area contributed by atoms with Crippen molar-refractivity contribution in [3.63, 3.8) is 0 Å². The van der Waals surface area contributed by atoms with Gasteiger partial charge >= 0.3 is 5.97 Å². The second-order valence-electron chi connectivity index (χ2n) is 6.73. The molecule has 1 saturated heterocycles. The van der Waals surface area contributed by atoms with Crippen molar-refractivity contribution >= 4 is 46.7 Å². The van der Waals surface area contributed by atoms with Gasteiger partial charge in [0.15, 0.2) is 0 Å². The van der Waals surface area contributed by atoms with E-state index in [1.165, 1.54) is 22.0 Å². The number of esters is 1. The van der Waals surface area contributed by atoms with Gasteiger partial charge in [-0.3, -0.25) is 14.2 Å². The molecular weight excluding hydrogens is 396 g/mol. The zero-order valence-corrected chi connectivity index (χ0v) is 17.7.